The van der Waals surface area contributed by atoms with Crippen molar-refractivity contribution >= 4 is 91.7 Å². The predicted molar refractivity (Wildman–Crippen MR) is 337 cm³/mol. The van der Waals surface area contributed by atoms with Crippen molar-refractivity contribution in [3.8, 4) is 33.9 Å². The van der Waals surface area contributed by atoms with E-state index in [1.807, 2.05) is 0 Å². The van der Waals surface area contributed by atoms with Crippen molar-refractivity contribution in [3.05, 3.63) is 168 Å². The van der Waals surface area contributed by atoms with Crippen molar-refractivity contribution in [3.63, 3.8) is 0 Å². The van der Waals surface area contributed by atoms with E-state index in [0.717, 1.165) is 55.4 Å². The Kier molecular flexibility index (Phi) is 11.8. The van der Waals surface area contributed by atoms with Crippen LogP contribution in [0.2, 0.25) is 39.3 Å². The molecule has 0 spiro atoms. The number of rotatable bonds is 6. The zero-order valence-electron chi connectivity index (χ0n) is 48.6. The summed E-state index contributed by atoms with van der Waals surface area (Å²) in [7, 11) is -3.30. The summed E-state index contributed by atoms with van der Waals surface area (Å²) >= 11 is 0. The van der Waals surface area contributed by atoms with Gasteiger partial charge in [-0.15, -0.1) is 0 Å². The average molecular weight is 1030 g/mol. The average Bonchev–Trinajstić information content (AvgIpc) is 3.86. The molecule has 6 heteroatoms. The van der Waals surface area contributed by atoms with Crippen LogP contribution in [0.3, 0.4) is 0 Å². The maximum atomic E-state index is 5.44. The first kappa shape index (κ1) is 51.5. The molecule has 0 aliphatic carbocycles. The molecule has 11 aromatic rings. The van der Waals surface area contributed by atoms with Gasteiger partial charge in [0.1, 0.15) is 0 Å². The molecule has 0 atom stereocenters. The molecule has 386 valence electrons. The topological polar surface area (TPSA) is 35.6 Å². The summed E-state index contributed by atoms with van der Waals surface area (Å²) in [4.78, 5) is 10.9. The lowest BCUT2D eigenvalue weighted by molar-refractivity contribution is 0.590. The molecule has 4 aromatic heterocycles. The van der Waals surface area contributed by atoms with Crippen LogP contribution in [0.25, 0.3) is 99.0 Å². The lowest BCUT2D eigenvalue weighted by Crippen LogP contribution is -2.37. The third kappa shape index (κ3) is 8.83. The molecule has 0 aliphatic rings. The van der Waals surface area contributed by atoms with E-state index in [4.69, 9.17) is 9.97 Å². The minimum absolute atomic E-state index is 0.00583. The van der Waals surface area contributed by atoms with Gasteiger partial charge >= 0.3 is 0 Å². The van der Waals surface area contributed by atoms with Crippen molar-refractivity contribution < 1.29 is 0 Å². The number of aromatic nitrogens is 4. The molecule has 4 heterocycles. The number of nitrogens with zero attached hydrogens (tertiary/aromatic N) is 4. The summed E-state index contributed by atoms with van der Waals surface area (Å²) in [5, 5.41) is 12.5. The van der Waals surface area contributed by atoms with Gasteiger partial charge in [-0.25, -0.2) is 0 Å². The Morgan fingerprint density at radius 2 is 0.592 bits per heavy atom. The zero-order chi connectivity index (χ0) is 54.4. The minimum atomic E-state index is -1.65. The predicted octanol–water partition coefficient (Wildman–Crippen LogP) is 18.6. The van der Waals surface area contributed by atoms with E-state index < -0.39 is 16.1 Å². The smallest absolute Gasteiger partial charge is 0.0796 e. The number of hydrogen-bond acceptors (Lipinski definition) is 2. The number of pyridine rings is 2. The number of fused-ring (bicyclic) bond motifs is 8. The number of hydrogen-bond donors (Lipinski definition) is 0. The highest BCUT2D eigenvalue weighted by Gasteiger charge is 2.27. The molecular weight excluding hydrogens is 953 g/mol. The summed E-state index contributed by atoms with van der Waals surface area (Å²) in [6.07, 6.45) is 4.31. The standard InChI is InChI=1S/C70H78N4Si2/c1-67(2,3)43-19-31-61-53(35-43)54-36-44(68(4,5)6)20-32-62(54)73(61)47-23-27-51-57(39-47)65(59-29-25-49(41-71-59)75(13,14)15)52-28-24-48(40-58(52)66(51)60-30-26-50(42-72-60)76(16,17)18)74-63-33-21-45(69(7,8)9)37-55(63)56-38-46(70(10,11)12)22-34-64(56)74/h19-42H,1-18H3. The molecule has 0 fully saturated rings. The molecule has 0 radical (unpaired) electrons. The molecule has 11 rings (SSSR count). The summed E-state index contributed by atoms with van der Waals surface area (Å²) in [6, 6.07) is 52.2. The first-order valence-electron chi connectivity index (χ1n) is 27.6. The van der Waals surface area contributed by atoms with Gasteiger partial charge in [0.2, 0.25) is 0 Å². The lowest BCUT2D eigenvalue weighted by atomic mass is 9.85. The van der Waals surface area contributed by atoms with Gasteiger partial charge in [0.15, 0.2) is 0 Å². The van der Waals surface area contributed by atoms with Crippen molar-refractivity contribution in [1.82, 2.24) is 19.1 Å². The van der Waals surface area contributed by atoms with Crippen LogP contribution in [0.1, 0.15) is 105 Å². The van der Waals surface area contributed by atoms with E-state index in [2.05, 4.69) is 277 Å². The van der Waals surface area contributed by atoms with Gasteiger partial charge in [-0.1, -0.05) is 171 Å². The van der Waals surface area contributed by atoms with Crippen molar-refractivity contribution in [2.45, 2.75) is 144 Å². The van der Waals surface area contributed by atoms with Crippen molar-refractivity contribution in [2.75, 3.05) is 0 Å². The third-order valence-electron chi connectivity index (χ3n) is 16.4. The molecular formula is C70H78N4Si2. The van der Waals surface area contributed by atoms with E-state index in [0.29, 0.717) is 0 Å². The largest absolute Gasteiger partial charge is 0.309 e. The summed E-state index contributed by atoms with van der Waals surface area (Å²) in [5.41, 5.74) is 16.7. The summed E-state index contributed by atoms with van der Waals surface area (Å²) in [6.45, 7) is 42.2. The van der Waals surface area contributed by atoms with Gasteiger partial charge in [0, 0.05) is 56.4 Å². The van der Waals surface area contributed by atoms with Crippen LogP contribution in [0.4, 0.5) is 0 Å². The fraction of sp³-hybridized carbons (Fsp3) is 0.314. The maximum Gasteiger partial charge on any atom is 0.0796 e. The van der Waals surface area contributed by atoms with Crippen LogP contribution in [0, 0.1) is 0 Å². The molecule has 76 heavy (non-hydrogen) atoms. The summed E-state index contributed by atoms with van der Waals surface area (Å²) < 4.78 is 5.00. The SMILES string of the molecule is CC(C)(C)c1ccc2c(c1)c1cc(C(C)(C)C)ccc1n2-c1ccc2c(-c3ccc([Si](C)(C)C)cn3)c3cc(-n4c5ccc(C(C)(C)C)cc5c5cc(C(C)(C)C)ccc54)ccc3c(-c3ccc([Si](C)(C)C)cn3)c2c1. The lowest BCUT2D eigenvalue weighted by Gasteiger charge is -2.22. The van der Waals surface area contributed by atoms with Crippen LogP contribution in [-0.4, -0.2) is 35.2 Å². The van der Waals surface area contributed by atoms with Crippen LogP contribution in [0.15, 0.2) is 146 Å². The Morgan fingerprint density at radius 1 is 0.303 bits per heavy atom. The van der Waals surface area contributed by atoms with E-state index >= 15 is 0 Å². The van der Waals surface area contributed by atoms with Crippen LogP contribution >= 0.6 is 0 Å². The Hall–Kier alpha value is -6.61. The second kappa shape index (κ2) is 17.5. The fourth-order valence-corrected chi connectivity index (χ4v) is 13.5. The second-order valence-corrected chi connectivity index (χ2v) is 38.3. The molecule has 0 aliphatic heterocycles. The zero-order valence-corrected chi connectivity index (χ0v) is 50.6. The van der Waals surface area contributed by atoms with Gasteiger partial charge in [-0.05, 0) is 161 Å². The Morgan fingerprint density at radius 3 is 0.829 bits per heavy atom. The second-order valence-electron chi connectivity index (χ2n) is 28.2. The van der Waals surface area contributed by atoms with Crippen LogP contribution in [-0.2, 0) is 21.7 Å². The van der Waals surface area contributed by atoms with E-state index in [-0.39, 0.29) is 21.7 Å². The van der Waals surface area contributed by atoms with Crippen molar-refractivity contribution in [1.29, 1.82) is 0 Å². The highest BCUT2D eigenvalue weighted by Crippen LogP contribution is 2.47. The maximum absolute atomic E-state index is 5.44. The van der Waals surface area contributed by atoms with E-state index in [9.17, 15) is 0 Å². The Labute approximate surface area is 454 Å². The molecule has 0 N–H and O–H groups in total. The van der Waals surface area contributed by atoms with Gasteiger partial charge in [-0.2, -0.15) is 0 Å². The molecule has 7 aromatic carbocycles. The normalized spacial score (nSPS) is 13.4. The van der Waals surface area contributed by atoms with Gasteiger partial charge in [0.25, 0.3) is 0 Å². The molecule has 0 bridgehead atoms. The fourth-order valence-electron chi connectivity index (χ4n) is 11.5. The van der Waals surface area contributed by atoms with E-state index in [1.54, 1.807) is 0 Å². The monoisotopic (exact) mass is 1030 g/mol. The van der Waals surface area contributed by atoms with Gasteiger partial charge in [0.05, 0.1) is 49.6 Å². The third-order valence-corrected chi connectivity index (χ3v) is 20.4. The first-order valence-corrected chi connectivity index (χ1v) is 34.6. The number of benzene rings is 7. The minimum Gasteiger partial charge on any atom is -0.309 e. The van der Waals surface area contributed by atoms with Crippen LogP contribution in [0.5, 0.6) is 0 Å². The quantitative estimate of drug-likeness (QED) is 0.123. The summed E-state index contributed by atoms with van der Waals surface area (Å²) in [5.74, 6) is 0. The highest BCUT2D eigenvalue weighted by atomic mass is 28.3. The molecule has 0 saturated heterocycles. The Bertz CT molecular complexity index is 3710. The molecule has 0 unspecified atom stereocenters. The van der Waals surface area contributed by atoms with Gasteiger partial charge in [-0.3, -0.25) is 9.97 Å². The molecule has 4 nitrogen and oxygen atoms in total. The Balaban J connectivity index is 1.26. The molecule has 0 amide bonds. The van der Waals surface area contributed by atoms with Crippen molar-refractivity contribution in [2.24, 2.45) is 0 Å². The van der Waals surface area contributed by atoms with E-state index in [1.165, 1.54) is 76.2 Å². The van der Waals surface area contributed by atoms with Gasteiger partial charge < -0.3 is 9.13 Å². The highest BCUT2D eigenvalue weighted by molar-refractivity contribution is 6.89. The van der Waals surface area contributed by atoms with Crippen LogP contribution < -0.4 is 10.4 Å². The molecule has 0 saturated carbocycles. The first-order chi connectivity index (χ1) is 35.5.